The van der Waals surface area contributed by atoms with Crippen LogP contribution in [0.3, 0.4) is 0 Å². The molecule has 88 valence electrons. The molecular formula is C13H25NO. The first kappa shape index (κ1) is 11.4. The maximum atomic E-state index is 10.5. The molecule has 2 heteroatoms. The maximum absolute atomic E-state index is 10.5. The molecule has 2 rings (SSSR count). The largest absolute Gasteiger partial charge is 0.390 e. The number of nitrogens with zero attached hydrogens (tertiary/aromatic N) is 1. The minimum atomic E-state index is -0.327. The third-order valence-corrected chi connectivity index (χ3v) is 4.17. The average molecular weight is 211 g/mol. The second-order valence-electron chi connectivity index (χ2n) is 5.49. The fourth-order valence-corrected chi connectivity index (χ4v) is 2.68. The smallest absolute Gasteiger partial charge is 0.0660 e. The predicted molar refractivity (Wildman–Crippen MR) is 62.9 cm³/mol. The molecule has 0 aromatic heterocycles. The third kappa shape index (κ3) is 3.46. The molecule has 1 heterocycles. The molecule has 0 aromatic carbocycles. The molecule has 1 unspecified atom stereocenters. The molecule has 2 aliphatic rings. The van der Waals surface area contributed by atoms with Crippen molar-refractivity contribution in [3.63, 3.8) is 0 Å². The second kappa shape index (κ2) is 4.84. The van der Waals surface area contributed by atoms with E-state index in [0.29, 0.717) is 0 Å². The van der Waals surface area contributed by atoms with Crippen molar-refractivity contribution in [3.05, 3.63) is 0 Å². The van der Waals surface area contributed by atoms with Gasteiger partial charge in [-0.15, -0.1) is 0 Å². The van der Waals surface area contributed by atoms with Crippen molar-refractivity contribution in [1.82, 2.24) is 4.90 Å². The lowest BCUT2D eigenvalue weighted by atomic mass is 9.89. The van der Waals surface area contributed by atoms with Crippen molar-refractivity contribution in [2.24, 2.45) is 5.92 Å². The zero-order valence-corrected chi connectivity index (χ0v) is 10.0. The van der Waals surface area contributed by atoms with Crippen molar-refractivity contribution < 1.29 is 5.11 Å². The minimum Gasteiger partial charge on any atom is -0.390 e. The highest BCUT2D eigenvalue weighted by Gasteiger charge is 2.32. The molecule has 0 spiro atoms. The Kier molecular flexibility index (Phi) is 3.68. The van der Waals surface area contributed by atoms with Gasteiger partial charge in [0.25, 0.3) is 0 Å². The van der Waals surface area contributed by atoms with Crippen molar-refractivity contribution in [2.45, 2.75) is 57.5 Å². The van der Waals surface area contributed by atoms with Crippen LogP contribution in [0.5, 0.6) is 0 Å². The summed E-state index contributed by atoms with van der Waals surface area (Å²) in [6.07, 6.45) is 8.34. The van der Waals surface area contributed by atoms with E-state index in [-0.39, 0.29) is 5.60 Å². The van der Waals surface area contributed by atoms with Gasteiger partial charge in [-0.05, 0) is 51.1 Å². The second-order valence-corrected chi connectivity index (χ2v) is 5.49. The summed E-state index contributed by atoms with van der Waals surface area (Å²) in [6.45, 7) is 5.63. The van der Waals surface area contributed by atoms with Crippen LogP contribution >= 0.6 is 0 Å². The van der Waals surface area contributed by atoms with Gasteiger partial charge in [-0.2, -0.15) is 0 Å². The lowest BCUT2D eigenvalue weighted by Crippen LogP contribution is -2.31. The van der Waals surface area contributed by atoms with Crippen molar-refractivity contribution in [3.8, 4) is 0 Å². The van der Waals surface area contributed by atoms with Crippen molar-refractivity contribution >= 4 is 0 Å². The van der Waals surface area contributed by atoms with Gasteiger partial charge in [0, 0.05) is 6.54 Å². The Labute approximate surface area is 93.7 Å². The van der Waals surface area contributed by atoms with Crippen molar-refractivity contribution in [2.75, 3.05) is 19.6 Å². The summed E-state index contributed by atoms with van der Waals surface area (Å²) in [7, 11) is 0. The van der Waals surface area contributed by atoms with Crippen LogP contribution in [0.25, 0.3) is 0 Å². The fourth-order valence-electron chi connectivity index (χ4n) is 2.68. The van der Waals surface area contributed by atoms with Gasteiger partial charge >= 0.3 is 0 Å². The van der Waals surface area contributed by atoms with E-state index in [1.807, 2.05) is 0 Å². The molecule has 0 bridgehead atoms. The van der Waals surface area contributed by atoms with Gasteiger partial charge in [-0.25, -0.2) is 0 Å². The van der Waals surface area contributed by atoms with E-state index in [1.165, 1.54) is 32.2 Å². The molecular weight excluding hydrogens is 186 g/mol. The van der Waals surface area contributed by atoms with Crippen LogP contribution < -0.4 is 0 Å². The van der Waals surface area contributed by atoms with E-state index in [4.69, 9.17) is 0 Å². The summed E-state index contributed by atoms with van der Waals surface area (Å²) in [5.74, 6) is 0.958. The number of aliphatic hydroxyl groups is 1. The number of likely N-dealkylation sites (tertiary alicyclic amines) is 1. The topological polar surface area (TPSA) is 23.5 Å². The van der Waals surface area contributed by atoms with Gasteiger partial charge < -0.3 is 10.0 Å². The average Bonchev–Trinajstić information content (AvgIpc) is 3.03. The normalized spacial score (nSPS) is 34.0. The Hall–Kier alpha value is -0.0800. The van der Waals surface area contributed by atoms with Crippen LogP contribution in [-0.4, -0.2) is 35.2 Å². The summed E-state index contributed by atoms with van der Waals surface area (Å²) in [6, 6.07) is 0. The van der Waals surface area contributed by atoms with E-state index >= 15 is 0 Å². The quantitative estimate of drug-likeness (QED) is 0.772. The molecule has 0 aromatic rings. The minimum absolute atomic E-state index is 0.327. The van der Waals surface area contributed by atoms with Gasteiger partial charge in [-0.3, -0.25) is 0 Å². The van der Waals surface area contributed by atoms with E-state index in [0.717, 1.165) is 38.3 Å². The molecule has 15 heavy (non-hydrogen) atoms. The molecule has 2 fully saturated rings. The highest BCUT2D eigenvalue weighted by Crippen LogP contribution is 2.37. The Balaban J connectivity index is 1.78. The molecule has 1 N–H and O–H groups in total. The number of hydrogen-bond acceptors (Lipinski definition) is 2. The fraction of sp³-hybridized carbons (Fsp3) is 1.00. The molecule has 1 aliphatic carbocycles. The third-order valence-electron chi connectivity index (χ3n) is 4.17. The zero-order chi connectivity index (χ0) is 10.7. The standard InChI is InChI=1S/C13H25NO/c1-2-14-10-3-7-13(15,9-11-14)8-6-12-4-5-12/h12,15H,2-11H2,1H3. The van der Waals surface area contributed by atoms with Crippen molar-refractivity contribution in [1.29, 1.82) is 0 Å². The molecule has 1 saturated heterocycles. The maximum Gasteiger partial charge on any atom is 0.0660 e. The van der Waals surface area contributed by atoms with Crippen LogP contribution in [0.2, 0.25) is 0 Å². The summed E-state index contributed by atoms with van der Waals surface area (Å²) in [5.41, 5.74) is -0.327. The summed E-state index contributed by atoms with van der Waals surface area (Å²) >= 11 is 0. The Bertz CT molecular complexity index is 203. The van der Waals surface area contributed by atoms with Crippen LogP contribution in [-0.2, 0) is 0 Å². The predicted octanol–water partition coefficient (Wildman–Crippen LogP) is 2.41. The Morgan fingerprint density at radius 1 is 1.27 bits per heavy atom. The van der Waals surface area contributed by atoms with Crippen LogP contribution in [0.4, 0.5) is 0 Å². The lowest BCUT2D eigenvalue weighted by molar-refractivity contribution is 0.0139. The van der Waals surface area contributed by atoms with Crippen LogP contribution in [0, 0.1) is 5.92 Å². The summed E-state index contributed by atoms with van der Waals surface area (Å²) in [5, 5.41) is 10.5. The molecule has 1 atom stereocenters. The Morgan fingerprint density at radius 3 is 2.73 bits per heavy atom. The van der Waals surface area contributed by atoms with E-state index in [1.54, 1.807) is 0 Å². The monoisotopic (exact) mass is 211 g/mol. The first-order valence-corrected chi connectivity index (χ1v) is 6.66. The lowest BCUT2D eigenvalue weighted by Gasteiger charge is -2.26. The molecule has 1 aliphatic heterocycles. The SMILES string of the molecule is CCN1CCCC(O)(CCC2CC2)CC1. The first-order valence-electron chi connectivity index (χ1n) is 6.66. The molecule has 0 radical (unpaired) electrons. The van der Waals surface area contributed by atoms with Crippen LogP contribution in [0.1, 0.15) is 51.9 Å². The van der Waals surface area contributed by atoms with Gasteiger partial charge in [0.2, 0.25) is 0 Å². The highest BCUT2D eigenvalue weighted by molar-refractivity contribution is 4.86. The first-order chi connectivity index (χ1) is 7.22. The van der Waals surface area contributed by atoms with Crippen LogP contribution in [0.15, 0.2) is 0 Å². The highest BCUT2D eigenvalue weighted by atomic mass is 16.3. The van der Waals surface area contributed by atoms with Gasteiger partial charge in [-0.1, -0.05) is 19.8 Å². The zero-order valence-electron chi connectivity index (χ0n) is 10.0. The molecule has 1 saturated carbocycles. The summed E-state index contributed by atoms with van der Waals surface area (Å²) in [4.78, 5) is 2.47. The molecule has 2 nitrogen and oxygen atoms in total. The van der Waals surface area contributed by atoms with Gasteiger partial charge in [0.05, 0.1) is 5.60 Å². The number of rotatable bonds is 4. The molecule has 0 amide bonds. The number of hydrogen-bond donors (Lipinski definition) is 1. The Morgan fingerprint density at radius 2 is 2.07 bits per heavy atom. The van der Waals surface area contributed by atoms with E-state index in [2.05, 4.69) is 11.8 Å². The van der Waals surface area contributed by atoms with E-state index < -0.39 is 0 Å². The summed E-state index contributed by atoms with van der Waals surface area (Å²) < 4.78 is 0. The van der Waals surface area contributed by atoms with Gasteiger partial charge in [0.15, 0.2) is 0 Å². The van der Waals surface area contributed by atoms with E-state index in [9.17, 15) is 5.11 Å². The van der Waals surface area contributed by atoms with Gasteiger partial charge in [0.1, 0.15) is 0 Å².